The highest BCUT2D eigenvalue weighted by molar-refractivity contribution is 5.69. The maximum atomic E-state index is 11.1. The van der Waals surface area contributed by atoms with Crippen LogP contribution in [0.1, 0.15) is 25.8 Å². The highest BCUT2D eigenvalue weighted by Crippen LogP contribution is 2.38. The van der Waals surface area contributed by atoms with Crippen LogP contribution in [-0.4, -0.2) is 25.3 Å². The molecule has 1 aromatic rings. The average molecular weight is 267 g/mol. The number of methoxy groups -OCH3 is 2. The van der Waals surface area contributed by atoms with E-state index in [0.717, 1.165) is 0 Å². The predicted molar refractivity (Wildman–Crippen MR) is 72.5 cm³/mol. The zero-order valence-corrected chi connectivity index (χ0v) is 11.8. The molecule has 0 bridgehead atoms. The zero-order chi connectivity index (χ0) is 14.6. The van der Waals surface area contributed by atoms with Gasteiger partial charge < -0.3 is 20.3 Å². The van der Waals surface area contributed by atoms with Gasteiger partial charge in [0, 0.05) is 11.6 Å². The lowest BCUT2D eigenvalue weighted by Crippen LogP contribution is -2.44. The average Bonchev–Trinajstić information content (AvgIpc) is 2.36. The molecule has 0 radical (unpaired) electrons. The Hall–Kier alpha value is -1.75. The van der Waals surface area contributed by atoms with Gasteiger partial charge in [-0.1, -0.05) is 13.8 Å². The summed E-state index contributed by atoms with van der Waals surface area (Å²) in [5.41, 5.74) is 6.02. The molecule has 0 fully saturated rings. The van der Waals surface area contributed by atoms with Crippen LogP contribution in [0.3, 0.4) is 0 Å². The molecular formula is C14H21NO4. The monoisotopic (exact) mass is 267 g/mol. The fourth-order valence-corrected chi connectivity index (χ4v) is 2.04. The minimum Gasteiger partial charge on any atom is -0.497 e. The van der Waals surface area contributed by atoms with Crippen LogP contribution < -0.4 is 15.2 Å². The molecule has 106 valence electrons. The topological polar surface area (TPSA) is 81.8 Å². The molecule has 0 spiro atoms. The van der Waals surface area contributed by atoms with Gasteiger partial charge in [-0.25, -0.2) is 0 Å². The summed E-state index contributed by atoms with van der Waals surface area (Å²) in [6.07, 6.45) is -0.159. The van der Waals surface area contributed by atoms with Gasteiger partial charge in [-0.15, -0.1) is 0 Å². The van der Waals surface area contributed by atoms with Crippen molar-refractivity contribution in [2.24, 2.45) is 11.7 Å². The van der Waals surface area contributed by atoms with Crippen LogP contribution >= 0.6 is 0 Å². The van der Waals surface area contributed by atoms with E-state index >= 15 is 0 Å². The summed E-state index contributed by atoms with van der Waals surface area (Å²) in [7, 11) is 3.09. The van der Waals surface area contributed by atoms with E-state index in [9.17, 15) is 4.79 Å². The molecule has 0 aliphatic carbocycles. The number of rotatable bonds is 6. The second kappa shape index (κ2) is 5.93. The van der Waals surface area contributed by atoms with Crippen molar-refractivity contribution in [3.63, 3.8) is 0 Å². The largest absolute Gasteiger partial charge is 0.497 e. The molecule has 19 heavy (non-hydrogen) atoms. The number of carbonyl (C=O) groups is 1. The molecule has 0 saturated carbocycles. The molecule has 1 rings (SSSR count). The third kappa shape index (κ3) is 3.17. The Labute approximate surface area is 113 Å². The Kier molecular flexibility index (Phi) is 4.78. The van der Waals surface area contributed by atoms with Crippen molar-refractivity contribution in [3.05, 3.63) is 23.8 Å². The SMILES string of the molecule is COc1ccc(C(N)(CC(=O)O)C(C)C)c(OC)c1. The van der Waals surface area contributed by atoms with Gasteiger partial charge in [0.1, 0.15) is 11.5 Å². The van der Waals surface area contributed by atoms with Gasteiger partial charge in [0.2, 0.25) is 0 Å². The third-order valence-corrected chi connectivity index (χ3v) is 3.38. The lowest BCUT2D eigenvalue weighted by molar-refractivity contribution is -0.139. The number of carboxylic acids is 1. The highest BCUT2D eigenvalue weighted by Gasteiger charge is 2.36. The van der Waals surface area contributed by atoms with Gasteiger partial charge in [0.05, 0.1) is 26.2 Å². The molecule has 1 aromatic carbocycles. The molecule has 0 aliphatic heterocycles. The van der Waals surface area contributed by atoms with Crippen molar-refractivity contribution in [1.29, 1.82) is 0 Å². The van der Waals surface area contributed by atoms with E-state index in [4.69, 9.17) is 20.3 Å². The van der Waals surface area contributed by atoms with E-state index in [1.54, 1.807) is 25.3 Å². The maximum Gasteiger partial charge on any atom is 0.305 e. The number of hydrogen-bond donors (Lipinski definition) is 2. The number of aliphatic carboxylic acids is 1. The molecule has 0 aromatic heterocycles. The Bertz CT molecular complexity index is 459. The quantitative estimate of drug-likeness (QED) is 0.823. The number of nitrogens with two attached hydrogens (primary N) is 1. The summed E-state index contributed by atoms with van der Waals surface area (Å²) >= 11 is 0. The number of ether oxygens (including phenoxy) is 2. The first-order chi connectivity index (χ1) is 8.85. The van der Waals surface area contributed by atoms with Crippen molar-refractivity contribution in [2.75, 3.05) is 14.2 Å². The van der Waals surface area contributed by atoms with Crippen molar-refractivity contribution < 1.29 is 19.4 Å². The summed E-state index contributed by atoms with van der Waals surface area (Å²) in [6, 6.07) is 5.23. The standard InChI is InChI=1S/C14H21NO4/c1-9(2)14(15,8-13(16)17)11-6-5-10(18-3)7-12(11)19-4/h5-7,9H,8,15H2,1-4H3,(H,16,17). The van der Waals surface area contributed by atoms with Gasteiger partial charge in [-0.3, -0.25) is 4.79 Å². The Morgan fingerprint density at radius 2 is 2.00 bits per heavy atom. The van der Waals surface area contributed by atoms with Crippen molar-refractivity contribution >= 4 is 5.97 Å². The van der Waals surface area contributed by atoms with Crippen LogP contribution in [0.5, 0.6) is 11.5 Å². The molecule has 0 saturated heterocycles. The zero-order valence-electron chi connectivity index (χ0n) is 11.8. The van der Waals surface area contributed by atoms with E-state index in [-0.39, 0.29) is 12.3 Å². The van der Waals surface area contributed by atoms with Crippen LogP contribution in [-0.2, 0) is 10.3 Å². The van der Waals surface area contributed by atoms with Crippen LogP contribution in [0.25, 0.3) is 0 Å². The smallest absolute Gasteiger partial charge is 0.305 e. The molecule has 5 nitrogen and oxygen atoms in total. The van der Waals surface area contributed by atoms with E-state index in [2.05, 4.69) is 0 Å². The Balaban J connectivity index is 3.33. The minimum absolute atomic E-state index is 0.0501. The molecule has 0 aliphatic rings. The molecule has 3 N–H and O–H groups in total. The second-order valence-electron chi connectivity index (χ2n) is 4.83. The molecule has 1 atom stereocenters. The Morgan fingerprint density at radius 1 is 1.37 bits per heavy atom. The highest BCUT2D eigenvalue weighted by atomic mass is 16.5. The molecule has 0 amide bonds. The fourth-order valence-electron chi connectivity index (χ4n) is 2.04. The number of hydrogen-bond acceptors (Lipinski definition) is 4. The third-order valence-electron chi connectivity index (χ3n) is 3.38. The van der Waals surface area contributed by atoms with Crippen molar-refractivity contribution in [2.45, 2.75) is 25.8 Å². The van der Waals surface area contributed by atoms with E-state index in [1.165, 1.54) is 7.11 Å². The summed E-state index contributed by atoms with van der Waals surface area (Å²) in [4.78, 5) is 11.1. The second-order valence-corrected chi connectivity index (χ2v) is 4.83. The first kappa shape index (κ1) is 15.3. The lowest BCUT2D eigenvalue weighted by Gasteiger charge is -2.34. The molecule has 5 heteroatoms. The van der Waals surface area contributed by atoms with Crippen LogP contribution in [0, 0.1) is 5.92 Å². The summed E-state index contributed by atoms with van der Waals surface area (Å²) in [5.74, 6) is 0.193. The van der Waals surface area contributed by atoms with Crippen LogP contribution in [0.2, 0.25) is 0 Å². The van der Waals surface area contributed by atoms with Gasteiger partial charge in [0.25, 0.3) is 0 Å². The normalized spacial score (nSPS) is 14.0. The molecule has 1 unspecified atom stereocenters. The first-order valence-electron chi connectivity index (χ1n) is 6.08. The molecule has 0 heterocycles. The fraction of sp³-hybridized carbons (Fsp3) is 0.500. The van der Waals surface area contributed by atoms with E-state index < -0.39 is 11.5 Å². The number of carboxylic acid groups (broad SMARTS) is 1. The van der Waals surface area contributed by atoms with Crippen LogP contribution in [0.15, 0.2) is 18.2 Å². The molecular weight excluding hydrogens is 246 g/mol. The van der Waals surface area contributed by atoms with Gasteiger partial charge in [-0.05, 0) is 18.1 Å². The first-order valence-corrected chi connectivity index (χ1v) is 6.08. The predicted octanol–water partition coefficient (Wildman–Crippen LogP) is 1.99. The number of benzene rings is 1. The summed E-state index contributed by atoms with van der Waals surface area (Å²) in [6.45, 7) is 3.79. The van der Waals surface area contributed by atoms with E-state index in [1.807, 2.05) is 13.8 Å². The lowest BCUT2D eigenvalue weighted by atomic mass is 9.77. The summed E-state index contributed by atoms with van der Waals surface area (Å²) < 4.78 is 10.4. The van der Waals surface area contributed by atoms with Crippen molar-refractivity contribution in [3.8, 4) is 11.5 Å². The van der Waals surface area contributed by atoms with Gasteiger partial charge in [0.15, 0.2) is 0 Å². The summed E-state index contributed by atoms with van der Waals surface area (Å²) in [5, 5.41) is 9.08. The van der Waals surface area contributed by atoms with Gasteiger partial charge >= 0.3 is 5.97 Å². The van der Waals surface area contributed by atoms with Gasteiger partial charge in [-0.2, -0.15) is 0 Å². The Morgan fingerprint density at radius 3 is 2.42 bits per heavy atom. The van der Waals surface area contributed by atoms with Crippen LogP contribution in [0.4, 0.5) is 0 Å². The minimum atomic E-state index is -0.983. The maximum absolute atomic E-state index is 11.1. The van der Waals surface area contributed by atoms with Crippen molar-refractivity contribution in [1.82, 2.24) is 0 Å². The van der Waals surface area contributed by atoms with E-state index in [0.29, 0.717) is 17.1 Å².